The molecule has 0 aromatic heterocycles. The summed E-state index contributed by atoms with van der Waals surface area (Å²) in [7, 11) is 0. The number of benzene rings is 1. The van der Waals surface area contributed by atoms with Crippen molar-refractivity contribution in [2.45, 2.75) is 40.7 Å². The molecule has 0 aliphatic heterocycles. The Morgan fingerprint density at radius 1 is 1.24 bits per heavy atom. The van der Waals surface area contributed by atoms with Crippen LogP contribution in [-0.2, 0) is 4.74 Å². The fourth-order valence-electron chi connectivity index (χ4n) is 1.52. The monoisotopic (exact) mass is 235 g/mol. The van der Waals surface area contributed by atoms with Crippen molar-refractivity contribution in [3.8, 4) is 0 Å². The zero-order chi connectivity index (χ0) is 13.2. The maximum absolute atomic E-state index is 12.0. The molecule has 94 valence electrons. The Morgan fingerprint density at radius 3 is 2.35 bits per heavy atom. The van der Waals surface area contributed by atoms with Crippen LogP contribution in [0.15, 0.2) is 12.1 Å². The van der Waals surface area contributed by atoms with Gasteiger partial charge >= 0.3 is 5.97 Å². The van der Waals surface area contributed by atoms with Gasteiger partial charge in [-0.1, -0.05) is 19.9 Å². The normalized spacial score (nSPS) is 12.6. The fraction of sp³-hybridized carbons (Fsp3) is 0.500. The number of nitrogens with two attached hydrogens (primary N) is 1. The van der Waals surface area contributed by atoms with Crippen LogP contribution < -0.4 is 5.73 Å². The van der Waals surface area contributed by atoms with Crippen LogP contribution in [0, 0.1) is 19.8 Å². The van der Waals surface area contributed by atoms with Gasteiger partial charge in [0, 0.05) is 5.69 Å². The zero-order valence-corrected chi connectivity index (χ0v) is 11.2. The summed E-state index contributed by atoms with van der Waals surface area (Å²) in [5, 5.41) is 0. The molecule has 0 aliphatic rings. The third-order valence-corrected chi connectivity index (χ3v) is 2.98. The van der Waals surface area contributed by atoms with Crippen molar-refractivity contribution in [3.63, 3.8) is 0 Å². The summed E-state index contributed by atoms with van der Waals surface area (Å²) in [4.78, 5) is 12.0. The van der Waals surface area contributed by atoms with Crippen LogP contribution in [0.4, 0.5) is 5.69 Å². The smallest absolute Gasteiger partial charge is 0.340 e. The average molecular weight is 235 g/mol. The van der Waals surface area contributed by atoms with Gasteiger partial charge in [0.25, 0.3) is 0 Å². The minimum Gasteiger partial charge on any atom is -0.459 e. The van der Waals surface area contributed by atoms with Crippen molar-refractivity contribution in [1.29, 1.82) is 0 Å². The van der Waals surface area contributed by atoms with Crippen LogP contribution in [0.2, 0.25) is 0 Å². The topological polar surface area (TPSA) is 52.3 Å². The van der Waals surface area contributed by atoms with Gasteiger partial charge in [0.15, 0.2) is 0 Å². The molecule has 0 amide bonds. The van der Waals surface area contributed by atoms with E-state index in [0.29, 0.717) is 17.2 Å². The Morgan fingerprint density at radius 2 is 1.82 bits per heavy atom. The van der Waals surface area contributed by atoms with E-state index < -0.39 is 0 Å². The summed E-state index contributed by atoms with van der Waals surface area (Å²) in [5.74, 6) is -0.0402. The van der Waals surface area contributed by atoms with E-state index in [-0.39, 0.29) is 12.1 Å². The van der Waals surface area contributed by atoms with E-state index in [2.05, 4.69) is 0 Å². The number of rotatable bonds is 3. The predicted octanol–water partition coefficient (Wildman–Crippen LogP) is 3.09. The number of hydrogen-bond acceptors (Lipinski definition) is 3. The van der Waals surface area contributed by atoms with E-state index in [1.54, 1.807) is 6.07 Å². The molecule has 0 radical (unpaired) electrons. The molecule has 0 fully saturated rings. The van der Waals surface area contributed by atoms with E-state index in [0.717, 1.165) is 11.1 Å². The lowest BCUT2D eigenvalue weighted by Gasteiger charge is -2.18. The molecule has 0 aliphatic carbocycles. The number of ether oxygens (including phenoxy) is 1. The second kappa shape index (κ2) is 5.21. The van der Waals surface area contributed by atoms with Crippen LogP contribution in [0.5, 0.6) is 0 Å². The molecule has 1 atom stereocenters. The highest BCUT2D eigenvalue weighted by Crippen LogP contribution is 2.21. The largest absolute Gasteiger partial charge is 0.459 e. The van der Waals surface area contributed by atoms with Crippen molar-refractivity contribution in [2.24, 2.45) is 5.92 Å². The van der Waals surface area contributed by atoms with E-state index in [1.165, 1.54) is 0 Å². The lowest BCUT2D eigenvalue weighted by atomic mass is 10.0. The molecule has 17 heavy (non-hydrogen) atoms. The first-order valence-corrected chi connectivity index (χ1v) is 5.90. The number of aryl methyl sites for hydroxylation is 2. The Labute approximate surface area is 103 Å². The fourth-order valence-corrected chi connectivity index (χ4v) is 1.52. The summed E-state index contributed by atoms with van der Waals surface area (Å²) < 4.78 is 5.37. The molecular formula is C14H21NO2. The summed E-state index contributed by atoms with van der Waals surface area (Å²) in [6, 6.07) is 3.73. The first-order chi connectivity index (χ1) is 7.82. The SMILES string of the molecule is Cc1cc(C)c(N)c(C(=O)OC(C)C(C)C)c1. The van der Waals surface area contributed by atoms with Crippen molar-refractivity contribution in [3.05, 3.63) is 28.8 Å². The number of esters is 1. The lowest BCUT2D eigenvalue weighted by Crippen LogP contribution is -2.21. The maximum Gasteiger partial charge on any atom is 0.340 e. The third-order valence-electron chi connectivity index (χ3n) is 2.98. The third kappa shape index (κ3) is 3.22. The lowest BCUT2D eigenvalue weighted by molar-refractivity contribution is 0.0239. The molecule has 3 nitrogen and oxygen atoms in total. The van der Waals surface area contributed by atoms with Crippen LogP contribution >= 0.6 is 0 Å². The summed E-state index contributed by atoms with van der Waals surface area (Å²) in [6.45, 7) is 9.76. The molecule has 0 saturated heterocycles. The second-order valence-corrected chi connectivity index (χ2v) is 4.90. The van der Waals surface area contributed by atoms with Crippen LogP contribution in [-0.4, -0.2) is 12.1 Å². The highest BCUT2D eigenvalue weighted by atomic mass is 16.5. The first kappa shape index (κ1) is 13.6. The minimum absolute atomic E-state index is 0.109. The molecule has 1 aromatic rings. The molecule has 1 unspecified atom stereocenters. The van der Waals surface area contributed by atoms with Crippen molar-refractivity contribution < 1.29 is 9.53 Å². The van der Waals surface area contributed by atoms with Gasteiger partial charge in [0.2, 0.25) is 0 Å². The molecular weight excluding hydrogens is 214 g/mol. The van der Waals surface area contributed by atoms with Gasteiger partial charge in [0.05, 0.1) is 5.56 Å². The molecule has 1 rings (SSSR count). The van der Waals surface area contributed by atoms with E-state index in [1.807, 2.05) is 40.7 Å². The zero-order valence-electron chi connectivity index (χ0n) is 11.2. The van der Waals surface area contributed by atoms with Crippen molar-refractivity contribution in [2.75, 3.05) is 5.73 Å². The molecule has 0 saturated carbocycles. The van der Waals surface area contributed by atoms with E-state index in [4.69, 9.17) is 10.5 Å². The van der Waals surface area contributed by atoms with Gasteiger partial charge in [-0.2, -0.15) is 0 Å². The number of carbonyl (C=O) groups excluding carboxylic acids is 1. The molecule has 3 heteroatoms. The summed E-state index contributed by atoms with van der Waals surface area (Å²) in [5.41, 5.74) is 8.81. The van der Waals surface area contributed by atoms with Crippen LogP contribution in [0.25, 0.3) is 0 Å². The molecule has 0 bridgehead atoms. The highest BCUT2D eigenvalue weighted by molar-refractivity contribution is 5.96. The second-order valence-electron chi connectivity index (χ2n) is 4.90. The van der Waals surface area contributed by atoms with Gasteiger partial charge in [-0.15, -0.1) is 0 Å². The van der Waals surface area contributed by atoms with E-state index in [9.17, 15) is 4.79 Å². The summed E-state index contributed by atoms with van der Waals surface area (Å²) in [6.07, 6.45) is -0.109. The van der Waals surface area contributed by atoms with Crippen LogP contribution in [0.1, 0.15) is 42.3 Å². The number of hydrogen-bond donors (Lipinski definition) is 1. The van der Waals surface area contributed by atoms with Crippen LogP contribution in [0.3, 0.4) is 0 Å². The average Bonchev–Trinajstić information content (AvgIpc) is 2.22. The molecule has 0 spiro atoms. The Balaban J connectivity index is 2.97. The minimum atomic E-state index is -0.338. The molecule has 0 heterocycles. The van der Waals surface area contributed by atoms with Gasteiger partial charge in [-0.05, 0) is 43.9 Å². The van der Waals surface area contributed by atoms with E-state index >= 15 is 0 Å². The Hall–Kier alpha value is -1.51. The predicted molar refractivity (Wildman–Crippen MR) is 70.0 cm³/mol. The Bertz CT molecular complexity index is 424. The van der Waals surface area contributed by atoms with Gasteiger partial charge in [-0.25, -0.2) is 4.79 Å². The van der Waals surface area contributed by atoms with Gasteiger partial charge in [0.1, 0.15) is 6.10 Å². The Kier molecular flexibility index (Phi) is 4.16. The number of carbonyl (C=O) groups is 1. The number of nitrogen functional groups attached to an aromatic ring is 1. The number of anilines is 1. The highest BCUT2D eigenvalue weighted by Gasteiger charge is 2.18. The standard InChI is InChI=1S/C14H21NO2/c1-8(2)11(5)17-14(16)12-7-9(3)6-10(4)13(12)15/h6-8,11H,15H2,1-5H3. The van der Waals surface area contributed by atoms with Crippen molar-refractivity contribution in [1.82, 2.24) is 0 Å². The first-order valence-electron chi connectivity index (χ1n) is 5.90. The quantitative estimate of drug-likeness (QED) is 0.647. The molecule has 2 N–H and O–H groups in total. The van der Waals surface area contributed by atoms with Gasteiger partial charge in [-0.3, -0.25) is 0 Å². The summed E-state index contributed by atoms with van der Waals surface area (Å²) >= 11 is 0. The van der Waals surface area contributed by atoms with Gasteiger partial charge < -0.3 is 10.5 Å². The molecule has 1 aromatic carbocycles. The maximum atomic E-state index is 12.0. The van der Waals surface area contributed by atoms with Crippen molar-refractivity contribution >= 4 is 11.7 Å².